The van der Waals surface area contributed by atoms with Crippen molar-refractivity contribution in [3.63, 3.8) is 0 Å². The number of sulfonamides is 1. The molecule has 2 aliphatic heterocycles. The molecule has 2 fully saturated rings. The quantitative estimate of drug-likeness (QED) is 0.223. The second-order valence-corrected chi connectivity index (χ2v) is 12.8. The molecule has 3 aromatic rings. The molecular weight excluding hydrogens is 605 g/mol. The minimum absolute atomic E-state index is 0.102. The second kappa shape index (κ2) is 13.8. The summed E-state index contributed by atoms with van der Waals surface area (Å²) in [4.78, 5) is 1.90. The Labute approximate surface area is 255 Å². The number of benzene rings is 3. The number of hydrogen-bond donors (Lipinski definition) is 0. The van der Waals surface area contributed by atoms with Gasteiger partial charge in [0.15, 0.2) is 6.29 Å². The largest absolute Gasteiger partial charge is 0.492 e. The molecule has 2 aliphatic rings. The summed E-state index contributed by atoms with van der Waals surface area (Å²) in [6.45, 7) is 3.97. The van der Waals surface area contributed by atoms with Crippen LogP contribution in [0.2, 0.25) is 5.02 Å². The maximum Gasteiger partial charge on any atom is 0.416 e. The molecule has 0 aromatic heterocycles. The first-order chi connectivity index (χ1) is 20.6. The number of anilines is 1. The normalized spacial score (nSPS) is 18.0. The van der Waals surface area contributed by atoms with Gasteiger partial charge in [-0.15, -0.1) is 0 Å². The van der Waals surface area contributed by atoms with Crippen LogP contribution in [0, 0.1) is 0 Å². The van der Waals surface area contributed by atoms with Gasteiger partial charge in [0.05, 0.1) is 29.4 Å². The van der Waals surface area contributed by atoms with Crippen LogP contribution < -0.4 is 13.8 Å². The molecule has 0 N–H and O–H groups in total. The van der Waals surface area contributed by atoms with Crippen molar-refractivity contribution in [3.8, 4) is 11.5 Å². The Morgan fingerprint density at radius 1 is 0.930 bits per heavy atom. The fraction of sp³-hybridized carbons (Fsp3) is 0.419. The highest BCUT2D eigenvalue weighted by Crippen LogP contribution is 2.36. The van der Waals surface area contributed by atoms with Crippen LogP contribution in [0.25, 0.3) is 0 Å². The van der Waals surface area contributed by atoms with Gasteiger partial charge < -0.3 is 14.2 Å². The number of likely N-dealkylation sites (tertiary alicyclic amines) is 1. The van der Waals surface area contributed by atoms with Crippen LogP contribution >= 0.6 is 11.6 Å². The summed E-state index contributed by atoms with van der Waals surface area (Å²) in [6, 6.07) is 15.8. The smallest absolute Gasteiger partial charge is 0.416 e. The third-order valence-electron chi connectivity index (χ3n) is 7.48. The van der Waals surface area contributed by atoms with Crippen LogP contribution in [-0.2, 0) is 27.5 Å². The molecular formula is C31H34ClF3N2O5S. The number of hydrogen-bond acceptors (Lipinski definition) is 6. The molecule has 2 heterocycles. The molecule has 1 unspecified atom stereocenters. The van der Waals surface area contributed by atoms with Crippen LogP contribution in [0.1, 0.15) is 43.2 Å². The van der Waals surface area contributed by atoms with Gasteiger partial charge in [-0.25, -0.2) is 8.42 Å². The summed E-state index contributed by atoms with van der Waals surface area (Å²) in [5, 5.41) is -0.516. The molecule has 0 aliphatic carbocycles. The first-order valence-corrected chi connectivity index (χ1v) is 16.1. The summed E-state index contributed by atoms with van der Waals surface area (Å²) in [6.07, 6.45) is 0.193. The van der Waals surface area contributed by atoms with Crippen molar-refractivity contribution in [2.75, 3.05) is 37.2 Å². The fourth-order valence-corrected chi connectivity index (χ4v) is 7.10. The van der Waals surface area contributed by atoms with Crippen LogP contribution in [0.3, 0.4) is 0 Å². The standard InChI is InChI=1S/C31H34ClF3N2O5S/c32-28-21-24(31(33,34)35)8-15-29(28)43(38,39)37(22-23-6-11-27(12-7-23)42-30-5-1-4-19-41-30)25-9-13-26(14-10-25)40-20-18-36-16-2-3-17-36/h6-15,21,30H,1-5,16-20,22H2. The van der Waals surface area contributed by atoms with Crippen molar-refractivity contribution in [2.45, 2.75) is 56.0 Å². The number of rotatable bonds is 11. The highest BCUT2D eigenvalue weighted by Gasteiger charge is 2.34. The molecule has 12 heteroatoms. The minimum Gasteiger partial charge on any atom is -0.492 e. The minimum atomic E-state index is -4.66. The number of alkyl halides is 3. The van der Waals surface area contributed by atoms with E-state index in [4.69, 9.17) is 25.8 Å². The zero-order valence-electron chi connectivity index (χ0n) is 23.6. The fourth-order valence-electron chi connectivity index (χ4n) is 5.12. The highest BCUT2D eigenvalue weighted by molar-refractivity contribution is 7.93. The van der Waals surface area contributed by atoms with E-state index >= 15 is 0 Å². The van der Waals surface area contributed by atoms with Crippen LogP contribution in [0.15, 0.2) is 71.6 Å². The average molecular weight is 639 g/mol. The van der Waals surface area contributed by atoms with E-state index in [9.17, 15) is 21.6 Å². The molecule has 7 nitrogen and oxygen atoms in total. The van der Waals surface area contributed by atoms with E-state index in [1.165, 1.54) is 12.8 Å². The molecule has 43 heavy (non-hydrogen) atoms. The molecule has 232 valence electrons. The first kappa shape index (κ1) is 31.4. The number of nitrogens with zero attached hydrogens (tertiary/aromatic N) is 2. The lowest BCUT2D eigenvalue weighted by atomic mass is 10.2. The van der Waals surface area contributed by atoms with Crippen molar-refractivity contribution in [1.29, 1.82) is 0 Å². The van der Waals surface area contributed by atoms with E-state index < -0.39 is 31.7 Å². The van der Waals surface area contributed by atoms with Gasteiger partial charge in [0.2, 0.25) is 0 Å². The van der Waals surface area contributed by atoms with E-state index in [2.05, 4.69) is 4.90 Å². The molecule has 3 aromatic carbocycles. The van der Waals surface area contributed by atoms with Gasteiger partial charge in [0.25, 0.3) is 10.0 Å². The maximum atomic E-state index is 13.9. The van der Waals surface area contributed by atoms with Crippen molar-refractivity contribution in [1.82, 2.24) is 4.90 Å². The van der Waals surface area contributed by atoms with E-state index in [1.807, 2.05) is 0 Å². The van der Waals surface area contributed by atoms with Crippen molar-refractivity contribution in [3.05, 3.63) is 82.9 Å². The molecule has 0 amide bonds. The average Bonchev–Trinajstić information content (AvgIpc) is 3.51. The Morgan fingerprint density at radius 3 is 2.26 bits per heavy atom. The van der Waals surface area contributed by atoms with E-state index in [0.717, 1.165) is 49.3 Å². The molecule has 0 saturated carbocycles. The summed E-state index contributed by atoms with van der Waals surface area (Å²) in [7, 11) is -4.38. The first-order valence-electron chi connectivity index (χ1n) is 14.3. The SMILES string of the molecule is O=S(=O)(c1ccc(C(F)(F)F)cc1Cl)N(Cc1ccc(OC2CCCCO2)cc1)c1ccc(OCCN2CCCC2)cc1. The molecule has 2 saturated heterocycles. The predicted molar refractivity (Wildman–Crippen MR) is 158 cm³/mol. The van der Waals surface area contributed by atoms with Crippen LogP contribution in [0.4, 0.5) is 18.9 Å². The topological polar surface area (TPSA) is 68.3 Å². The monoisotopic (exact) mass is 638 g/mol. The lowest BCUT2D eigenvalue weighted by Gasteiger charge is -2.26. The van der Waals surface area contributed by atoms with Gasteiger partial charge in [-0.05, 0) is 98.9 Å². The summed E-state index contributed by atoms with van der Waals surface area (Å²) in [5.74, 6) is 1.17. The zero-order valence-corrected chi connectivity index (χ0v) is 25.1. The molecule has 1 atom stereocenters. The van der Waals surface area contributed by atoms with Gasteiger partial charge in [-0.1, -0.05) is 23.7 Å². The summed E-state index contributed by atoms with van der Waals surface area (Å²) in [5.41, 5.74) is -0.0933. The van der Waals surface area contributed by atoms with Crippen LogP contribution in [-0.4, -0.2) is 52.5 Å². The third kappa shape index (κ3) is 8.14. The van der Waals surface area contributed by atoms with E-state index in [1.54, 1.807) is 48.5 Å². The van der Waals surface area contributed by atoms with Gasteiger partial charge in [-0.2, -0.15) is 13.2 Å². The molecule has 5 rings (SSSR count). The Bertz CT molecular complexity index is 1460. The zero-order chi connectivity index (χ0) is 30.5. The Hall–Kier alpha value is -2.99. The summed E-state index contributed by atoms with van der Waals surface area (Å²) >= 11 is 6.15. The maximum absolute atomic E-state index is 13.9. The van der Waals surface area contributed by atoms with Gasteiger partial charge in [-0.3, -0.25) is 9.21 Å². The van der Waals surface area contributed by atoms with E-state index in [0.29, 0.717) is 48.1 Å². The Morgan fingerprint density at radius 2 is 1.63 bits per heavy atom. The Balaban J connectivity index is 1.38. The van der Waals surface area contributed by atoms with Crippen LogP contribution in [0.5, 0.6) is 11.5 Å². The van der Waals surface area contributed by atoms with Crippen molar-refractivity contribution >= 4 is 27.3 Å². The number of ether oxygens (including phenoxy) is 3. The molecule has 0 spiro atoms. The molecule has 0 radical (unpaired) electrons. The lowest BCUT2D eigenvalue weighted by molar-refractivity contribution is -0.137. The van der Waals surface area contributed by atoms with Crippen molar-refractivity contribution in [2.24, 2.45) is 0 Å². The lowest BCUT2D eigenvalue weighted by Crippen LogP contribution is -2.31. The van der Waals surface area contributed by atoms with Gasteiger partial charge in [0, 0.05) is 13.0 Å². The third-order valence-corrected chi connectivity index (χ3v) is 9.74. The molecule has 0 bridgehead atoms. The second-order valence-electron chi connectivity index (χ2n) is 10.6. The highest BCUT2D eigenvalue weighted by atomic mass is 35.5. The predicted octanol–water partition coefficient (Wildman–Crippen LogP) is 7.13. The van der Waals surface area contributed by atoms with E-state index in [-0.39, 0.29) is 12.8 Å². The van der Waals surface area contributed by atoms with Crippen molar-refractivity contribution < 1.29 is 35.8 Å². The van der Waals surface area contributed by atoms with Gasteiger partial charge >= 0.3 is 6.18 Å². The summed E-state index contributed by atoms with van der Waals surface area (Å²) < 4.78 is 86.1. The Kier molecular flexibility index (Phi) is 10.1. The number of halogens is 4. The van der Waals surface area contributed by atoms with Gasteiger partial charge in [0.1, 0.15) is 23.0 Å².